The molecule has 6 heteroatoms. The summed E-state index contributed by atoms with van der Waals surface area (Å²) in [5.74, 6) is -2.84. The molecule has 0 amide bonds. The molecule has 0 atom stereocenters. The van der Waals surface area contributed by atoms with Crippen molar-refractivity contribution in [3.05, 3.63) is 211 Å². The van der Waals surface area contributed by atoms with E-state index in [9.17, 15) is 19.2 Å². The summed E-state index contributed by atoms with van der Waals surface area (Å²) in [4.78, 5) is 13.0. The highest BCUT2D eigenvalue weighted by molar-refractivity contribution is 6.23. The summed E-state index contributed by atoms with van der Waals surface area (Å²) in [5, 5.41) is -3.86. The van der Waals surface area contributed by atoms with E-state index in [1.807, 2.05) is 0 Å². The fourth-order valence-electron chi connectivity index (χ4n) is 7.29. The first-order chi connectivity index (χ1) is 45.8. The van der Waals surface area contributed by atoms with Crippen LogP contribution in [0, 0.1) is 0 Å². The smallest absolute Gasteiger partial charge is 0.164 e. The van der Waals surface area contributed by atoms with E-state index >= 15 is 0 Å². The van der Waals surface area contributed by atoms with Crippen molar-refractivity contribution in [2.24, 2.45) is 0 Å². The van der Waals surface area contributed by atoms with Gasteiger partial charge in [-0.15, -0.1) is 0 Å². The summed E-state index contributed by atoms with van der Waals surface area (Å²) in [6.07, 6.45) is 0. The molecule has 4 aromatic heterocycles. The molecule has 63 heavy (non-hydrogen) atoms. The Morgan fingerprint density at radius 3 is 1.52 bits per heavy atom. The van der Waals surface area contributed by atoms with Crippen LogP contribution >= 0.6 is 0 Å². The van der Waals surface area contributed by atoms with Gasteiger partial charge in [-0.3, -0.25) is 0 Å². The normalized spacial score (nSPS) is 19.6. The second kappa shape index (κ2) is 14.0. The number of benzene rings is 9. The monoisotopic (exact) mass is 841 g/mol. The Bertz CT molecular complexity index is 5820. The number of furan rings is 1. The molecule has 0 saturated heterocycles. The van der Waals surface area contributed by atoms with Crippen molar-refractivity contribution in [2.75, 3.05) is 0 Å². The van der Waals surface area contributed by atoms with Crippen LogP contribution in [0.2, 0.25) is 0 Å². The van der Waals surface area contributed by atoms with Crippen LogP contribution in [0.25, 0.3) is 122 Å². The largest absolute Gasteiger partial charge is 0.454 e. The number of para-hydroxylation sites is 4. The minimum absolute atomic E-state index is 0.557. The molecule has 0 saturated carbocycles. The molecule has 0 unspecified atom stereocenters. The summed E-state index contributed by atoms with van der Waals surface area (Å²) in [6, 6.07) is -34.2. The lowest BCUT2D eigenvalue weighted by Gasteiger charge is -2.14. The first-order valence-corrected chi connectivity index (χ1v) is 18.3. The van der Waals surface area contributed by atoms with Crippen molar-refractivity contribution in [1.82, 2.24) is 24.1 Å². The van der Waals surface area contributed by atoms with Crippen LogP contribution in [0.1, 0.15) is 48.0 Å². The lowest BCUT2D eigenvalue weighted by Crippen LogP contribution is -2.00. The molecule has 4 heterocycles. The van der Waals surface area contributed by atoms with E-state index < -0.39 is 334 Å². The molecule has 0 fully saturated rings. The fraction of sp³-hybridized carbons (Fsp3) is 0. The third kappa shape index (κ3) is 5.55. The molecule has 294 valence electrons. The van der Waals surface area contributed by atoms with Gasteiger partial charge in [0, 0.05) is 54.7 Å². The molecule has 0 aliphatic heterocycles. The highest BCUT2D eigenvalue weighted by atomic mass is 16.3. The predicted octanol–water partition coefficient (Wildman–Crippen LogP) is 14.6. The molecule has 9 aromatic carbocycles. The van der Waals surface area contributed by atoms with Crippen molar-refractivity contribution >= 4 is 65.6 Å². The second-order valence-corrected chi connectivity index (χ2v) is 13.3. The lowest BCUT2D eigenvalue weighted by molar-refractivity contribution is 0.671. The standard InChI is InChI=1S/C57H35N5O/c1-4-15-36(16-5-1)37-27-29-39(30-28-37)56-58-55(38-17-6-2-7-18-38)59-57(60-56)40-31-34-51-47(35-40)46-33-32-45-44-23-14-26-50(52(44)61(53(45)54(46)63-51)41-19-8-3-9-20-41)62-48-24-12-10-21-42(48)43-22-11-13-25-49(43)62/h1-35H/i1D,2D,3D,4D,5D,6D,7D,8D,9D,10D,11D,12D,13D,14D,15D,16D,17D,18D,19D,20D,21D,22D,23D,24D,25D,26D,27D,28D,29D,30D,31D,32D,33D,34D,35D. The number of aromatic nitrogens is 5. The van der Waals surface area contributed by atoms with Crippen molar-refractivity contribution < 1.29 is 52.4 Å². The number of hydrogen-bond acceptors (Lipinski definition) is 4. The minimum atomic E-state index is -1.08. The van der Waals surface area contributed by atoms with Crippen LogP contribution in [0.5, 0.6) is 0 Å². The Kier molecular flexibility index (Phi) is 3.35. The number of rotatable bonds is 6. The highest BCUT2D eigenvalue weighted by Gasteiger charge is 2.24. The Balaban J connectivity index is 1.22. The van der Waals surface area contributed by atoms with Crippen molar-refractivity contribution in [3.63, 3.8) is 0 Å². The first-order valence-electron chi connectivity index (χ1n) is 35.8. The van der Waals surface area contributed by atoms with Gasteiger partial charge in [-0.25, -0.2) is 15.0 Å². The third-order valence-corrected chi connectivity index (χ3v) is 9.90. The Morgan fingerprint density at radius 2 is 0.841 bits per heavy atom. The van der Waals surface area contributed by atoms with Gasteiger partial charge in [0.05, 0.1) is 75.7 Å². The van der Waals surface area contributed by atoms with Gasteiger partial charge in [0.1, 0.15) is 5.58 Å². The predicted molar refractivity (Wildman–Crippen MR) is 258 cm³/mol. The van der Waals surface area contributed by atoms with Gasteiger partial charge in [-0.1, -0.05) is 157 Å². The molecule has 6 nitrogen and oxygen atoms in total. The van der Waals surface area contributed by atoms with E-state index in [0.717, 1.165) is 9.13 Å². The van der Waals surface area contributed by atoms with Crippen LogP contribution in [-0.2, 0) is 0 Å². The molecule has 0 spiro atoms. The van der Waals surface area contributed by atoms with Gasteiger partial charge in [0.2, 0.25) is 0 Å². The van der Waals surface area contributed by atoms with Crippen LogP contribution in [0.4, 0.5) is 0 Å². The van der Waals surface area contributed by atoms with Crippen LogP contribution in [0.3, 0.4) is 0 Å². The number of fused-ring (bicyclic) bond motifs is 10. The number of hydrogen-bond donors (Lipinski definition) is 0. The fourth-order valence-corrected chi connectivity index (χ4v) is 7.29. The van der Waals surface area contributed by atoms with Gasteiger partial charge < -0.3 is 13.6 Å². The average Bonchev–Trinajstić information content (AvgIpc) is 1.51. The van der Waals surface area contributed by atoms with Crippen LogP contribution in [0.15, 0.2) is 216 Å². The zero-order valence-corrected chi connectivity index (χ0v) is 31.1. The average molecular weight is 841 g/mol. The minimum Gasteiger partial charge on any atom is -0.454 e. The maximum absolute atomic E-state index is 10.0. The molecule has 13 aromatic rings. The number of nitrogens with zero attached hydrogens (tertiary/aromatic N) is 5. The van der Waals surface area contributed by atoms with Gasteiger partial charge >= 0.3 is 0 Å². The quantitative estimate of drug-likeness (QED) is 0.167. The maximum atomic E-state index is 10.0. The lowest BCUT2D eigenvalue weighted by atomic mass is 10.0. The first kappa shape index (κ1) is 15.1. The zero-order chi connectivity index (χ0) is 71.9. The van der Waals surface area contributed by atoms with Crippen molar-refractivity contribution in [3.8, 4) is 56.7 Å². The van der Waals surface area contributed by atoms with Gasteiger partial charge in [0.25, 0.3) is 0 Å². The topological polar surface area (TPSA) is 61.7 Å². The van der Waals surface area contributed by atoms with Gasteiger partial charge in [-0.05, 0) is 65.5 Å². The van der Waals surface area contributed by atoms with Crippen molar-refractivity contribution in [2.45, 2.75) is 0 Å². The molecular formula is C57H35N5O. The third-order valence-electron chi connectivity index (χ3n) is 9.90. The van der Waals surface area contributed by atoms with Gasteiger partial charge in [-0.2, -0.15) is 0 Å². The van der Waals surface area contributed by atoms with E-state index in [1.54, 1.807) is 0 Å². The zero-order valence-electron chi connectivity index (χ0n) is 66.1. The SMILES string of the molecule is [2H]c1c([2H])c([2H])c(-c2nc(-c3c([2H])c([2H])c(-c4c([2H])c([2H])c([2H])c([2H])c4[2H])c([2H])c3[2H])nc(-c3c([2H])c([2H])c4oc5c(c([2H])c([2H])c6c7c([2H])c([2H])c([2H])c(-n8c9c([2H])c([2H])c([2H])c([2H])c9c9c([2H])c([2H])c([2H])c([2H])c98)c7n(-c7c([2H])c([2H])c([2H])c([2H])c7[2H])c56)c4c3[2H])n2)c([2H])c1[2H]. The molecule has 0 aliphatic carbocycles. The Morgan fingerprint density at radius 1 is 0.349 bits per heavy atom. The molecule has 0 radical (unpaired) electrons. The molecule has 0 N–H and O–H groups in total. The van der Waals surface area contributed by atoms with E-state index in [-0.39, 0.29) is 0 Å². The highest BCUT2D eigenvalue weighted by Crippen LogP contribution is 2.44. The maximum Gasteiger partial charge on any atom is 0.164 e. The Hall–Kier alpha value is -8.61. The Labute approximate surface area is 410 Å². The summed E-state index contributed by atoms with van der Waals surface area (Å²) in [7, 11) is 0. The van der Waals surface area contributed by atoms with E-state index in [1.165, 1.54) is 0 Å². The molecule has 0 bridgehead atoms. The van der Waals surface area contributed by atoms with Crippen LogP contribution in [-0.4, -0.2) is 24.1 Å². The second-order valence-electron chi connectivity index (χ2n) is 13.3. The molecular weight excluding hydrogens is 771 g/mol. The molecule has 13 rings (SSSR count). The van der Waals surface area contributed by atoms with E-state index in [4.69, 9.17) is 33.2 Å². The van der Waals surface area contributed by atoms with Crippen LogP contribution < -0.4 is 0 Å². The summed E-state index contributed by atoms with van der Waals surface area (Å²) >= 11 is 0. The molecule has 0 aliphatic rings. The summed E-state index contributed by atoms with van der Waals surface area (Å²) in [6.45, 7) is 0. The van der Waals surface area contributed by atoms with Crippen molar-refractivity contribution in [1.29, 1.82) is 0 Å². The summed E-state index contributed by atoms with van der Waals surface area (Å²) < 4.78 is 325. The summed E-state index contributed by atoms with van der Waals surface area (Å²) in [5.41, 5.74) is -10.3. The van der Waals surface area contributed by atoms with Gasteiger partial charge in [0.15, 0.2) is 23.1 Å². The van der Waals surface area contributed by atoms with E-state index in [0.29, 0.717) is 0 Å². The van der Waals surface area contributed by atoms with E-state index in [2.05, 4.69) is 15.0 Å².